The molecule has 0 aliphatic rings. The Morgan fingerprint density at radius 2 is 1.71 bits per heavy atom. The van der Waals surface area contributed by atoms with Crippen molar-refractivity contribution in [1.82, 2.24) is 19.8 Å². The molecule has 1 heterocycles. The van der Waals surface area contributed by atoms with Crippen LogP contribution in [0, 0.1) is 0 Å². The number of carbonyl (C=O) groups is 1. The first-order valence-electron chi connectivity index (χ1n) is 11.0. The number of halogens is 4. The zero-order valence-electron chi connectivity index (χ0n) is 19.2. The van der Waals surface area contributed by atoms with E-state index in [0.717, 1.165) is 24.2 Å². The highest BCUT2D eigenvalue weighted by molar-refractivity contribution is 6.30. The summed E-state index contributed by atoms with van der Waals surface area (Å²) in [5, 5.41) is 3.46. The van der Waals surface area contributed by atoms with Crippen molar-refractivity contribution in [3.8, 4) is 11.4 Å². The summed E-state index contributed by atoms with van der Waals surface area (Å²) in [6.07, 6.45) is -4.46. The number of fused-ring (bicyclic) bond motifs is 1. The molecule has 0 saturated carbocycles. The topological polar surface area (TPSA) is 50.2 Å². The minimum atomic E-state index is -4.46. The summed E-state index contributed by atoms with van der Waals surface area (Å²) in [6.45, 7) is 1.63. The van der Waals surface area contributed by atoms with Gasteiger partial charge in [-0.15, -0.1) is 0 Å². The minimum absolute atomic E-state index is 0.192. The monoisotopic (exact) mass is 500 g/mol. The normalized spacial score (nSPS) is 11.9. The number of nitrogens with zero attached hydrogens (tertiary/aromatic N) is 3. The van der Waals surface area contributed by atoms with Crippen LogP contribution >= 0.6 is 11.6 Å². The van der Waals surface area contributed by atoms with Crippen molar-refractivity contribution in [2.24, 2.45) is 0 Å². The minimum Gasteiger partial charge on any atom is -0.351 e. The fourth-order valence-corrected chi connectivity index (χ4v) is 3.85. The first-order valence-corrected chi connectivity index (χ1v) is 11.3. The van der Waals surface area contributed by atoms with Crippen LogP contribution in [-0.2, 0) is 12.7 Å². The maximum atomic E-state index is 13.3. The zero-order chi connectivity index (χ0) is 25.2. The predicted molar refractivity (Wildman–Crippen MR) is 132 cm³/mol. The van der Waals surface area contributed by atoms with Crippen LogP contribution in [0.2, 0.25) is 5.02 Å². The molecule has 0 aliphatic carbocycles. The number of carbonyl (C=O) groups excluding carboxylic acids is 1. The van der Waals surface area contributed by atoms with Gasteiger partial charge in [0.1, 0.15) is 5.82 Å². The van der Waals surface area contributed by atoms with Crippen LogP contribution in [0.15, 0.2) is 66.7 Å². The van der Waals surface area contributed by atoms with E-state index < -0.39 is 11.7 Å². The van der Waals surface area contributed by atoms with E-state index in [2.05, 4.69) is 10.3 Å². The van der Waals surface area contributed by atoms with Gasteiger partial charge in [0, 0.05) is 35.8 Å². The molecule has 9 heteroatoms. The molecule has 0 saturated heterocycles. The molecule has 0 unspecified atom stereocenters. The van der Waals surface area contributed by atoms with Gasteiger partial charge in [-0.25, -0.2) is 4.98 Å². The van der Waals surface area contributed by atoms with E-state index in [4.69, 9.17) is 11.6 Å². The average Bonchev–Trinajstić information content (AvgIpc) is 3.17. The Morgan fingerprint density at radius 1 is 1.03 bits per heavy atom. The highest BCUT2D eigenvalue weighted by atomic mass is 35.5. The van der Waals surface area contributed by atoms with Gasteiger partial charge in [-0.3, -0.25) is 4.79 Å². The van der Waals surface area contributed by atoms with E-state index in [1.807, 2.05) is 35.7 Å². The van der Waals surface area contributed by atoms with Gasteiger partial charge in [-0.2, -0.15) is 13.2 Å². The fourth-order valence-electron chi connectivity index (χ4n) is 3.72. The van der Waals surface area contributed by atoms with Crippen molar-refractivity contribution >= 4 is 28.5 Å². The molecule has 35 heavy (non-hydrogen) atoms. The summed E-state index contributed by atoms with van der Waals surface area (Å²) in [5.41, 5.74) is 2.17. The lowest BCUT2D eigenvalue weighted by atomic mass is 10.1. The van der Waals surface area contributed by atoms with E-state index in [0.29, 0.717) is 40.6 Å². The predicted octanol–water partition coefficient (Wildman–Crippen LogP) is 5.72. The Morgan fingerprint density at radius 3 is 2.34 bits per heavy atom. The molecule has 0 bridgehead atoms. The number of rotatable bonds is 7. The molecule has 0 radical (unpaired) electrons. The Kier molecular flexibility index (Phi) is 7.14. The quantitative estimate of drug-likeness (QED) is 0.353. The van der Waals surface area contributed by atoms with Gasteiger partial charge in [-0.05, 0) is 62.1 Å². The van der Waals surface area contributed by atoms with E-state index in [9.17, 15) is 18.0 Å². The molecule has 0 spiro atoms. The van der Waals surface area contributed by atoms with Crippen molar-refractivity contribution in [3.63, 3.8) is 0 Å². The van der Waals surface area contributed by atoms with Crippen LogP contribution < -0.4 is 5.32 Å². The van der Waals surface area contributed by atoms with Gasteiger partial charge in [0.25, 0.3) is 5.91 Å². The number of hydrogen-bond donors (Lipinski definition) is 1. The molecular formula is C26H24ClF3N4O. The van der Waals surface area contributed by atoms with E-state index in [1.165, 1.54) is 6.07 Å². The molecule has 0 aliphatic heterocycles. The lowest BCUT2D eigenvalue weighted by Crippen LogP contribution is -2.31. The van der Waals surface area contributed by atoms with E-state index in [-0.39, 0.29) is 11.4 Å². The molecule has 5 nitrogen and oxygen atoms in total. The molecule has 4 rings (SSSR count). The highest BCUT2D eigenvalue weighted by Gasteiger charge is 2.31. The molecular weight excluding hydrogens is 477 g/mol. The van der Waals surface area contributed by atoms with Crippen LogP contribution in [0.3, 0.4) is 0 Å². The van der Waals surface area contributed by atoms with Gasteiger partial charge in [0.15, 0.2) is 0 Å². The molecule has 1 amide bonds. The van der Waals surface area contributed by atoms with Gasteiger partial charge in [0.2, 0.25) is 0 Å². The van der Waals surface area contributed by atoms with E-state index >= 15 is 0 Å². The maximum Gasteiger partial charge on any atom is 0.416 e. The first-order chi connectivity index (χ1) is 16.6. The zero-order valence-corrected chi connectivity index (χ0v) is 20.0. The van der Waals surface area contributed by atoms with Gasteiger partial charge in [0.05, 0.1) is 16.6 Å². The molecule has 4 aromatic rings. The second-order valence-electron chi connectivity index (χ2n) is 8.49. The van der Waals surface area contributed by atoms with Crippen molar-refractivity contribution in [2.75, 3.05) is 27.2 Å². The Bertz CT molecular complexity index is 1330. The standard InChI is InChI=1S/C26H24ClF3N4O/c1-33(2)14-13-31-25(35)19-7-5-18(6-8-19)24-32-22-15-20(26(28,29)30)9-12-23(22)34(24)16-17-3-10-21(27)11-4-17/h3-12,15H,13-14,16H2,1-2H3,(H,31,35). The van der Waals surface area contributed by atoms with Crippen LogP contribution in [0.1, 0.15) is 21.5 Å². The largest absolute Gasteiger partial charge is 0.416 e. The number of nitrogens with one attached hydrogen (secondary N) is 1. The molecule has 1 N–H and O–H groups in total. The smallest absolute Gasteiger partial charge is 0.351 e. The number of likely N-dealkylation sites (N-methyl/N-ethyl adjacent to an activating group) is 1. The number of hydrogen-bond acceptors (Lipinski definition) is 3. The molecule has 0 fully saturated rings. The number of imidazole rings is 1. The van der Waals surface area contributed by atoms with Crippen LogP contribution in [0.5, 0.6) is 0 Å². The maximum absolute atomic E-state index is 13.3. The lowest BCUT2D eigenvalue weighted by molar-refractivity contribution is -0.137. The third-order valence-electron chi connectivity index (χ3n) is 5.58. The number of benzene rings is 3. The second-order valence-corrected chi connectivity index (χ2v) is 8.92. The molecule has 3 aromatic carbocycles. The number of aromatic nitrogens is 2. The number of alkyl halides is 3. The summed E-state index contributed by atoms with van der Waals surface area (Å²) in [7, 11) is 3.85. The van der Waals surface area contributed by atoms with Crippen LogP contribution in [-0.4, -0.2) is 47.5 Å². The summed E-state index contributed by atoms with van der Waals surface area (Å²) < 4.78 is 41.8. The van der Waals surface area contributed by atoms with Crippen LogP contribution in [0.25, 0.3) is 22.4 Å². The van der Waals surface area contributed by atoms with Crippen molar-refractivity contribution < 1.29 is 18.0 Å². The summed E-state index contributed by atoms with van der Waals surface area (Å²) >= 11 is 6.00. The van der Waals surface area contributed by atoms with Gasteiger partial charge >= 0.3 is 6.18 Å². The SMILES string of the molecule is CN(C)CCNC(=O)c1ccc(-c2nc3cc(C(F)(F)F)ccc3n2Cc2ccc(Cl)cc2)cc1. The fraction of sp³-hybridized carbons (Fsp3) is 0.231. The molecule has 1 aromatic heterocycles. The van der Waals surface area contributed by atoms with Crippen molar-refractivity contribution in [2.45, 2.75) is 12.7 Å². The third-order valence-corrected chi connectivity index (χ3v) is 5.83. The summed E-state index contributed by atoms with van der Waals surface area (Å²) in [6, 6.07) is 17.7. The third kappa shape index (κ3) is 5.83. The average molecular weight is 501 g/mol. The first kappa shape index (κ1) is 24.8. The lowest BCUT2D eigenvalue weighted by Gasteiger charge is -2.12. The Balaban J connectivity index is 1.70. The summed E-state index contributed by atoms with van der Waals surface area (Å²) in [4.78, 5) is 18.9. The number of amides is 1. The van der Waals surface area contributed by atoms with Crippen LogP contribution in [0.4, 0.5) is 13.2 Å². The Hall–Kier alpha value is -3.36. The van der Waals surface area contributed by atoms with Crippen molar-refractivity contribution in [3.05, 3.63) is 88.4 Å². The second kappa shape index (κ2) is 10.1. The molecule has 182 valence electrons. The Labute approximate surface area is 206 Å². The highest BCUT2D eigenvalue weighted by Crippen LogP contribution is 2.33. The molecule has 0 atom stereocenters. The van der Waals surface area contributed by atoms with Gasteiger partial charge in [-0.1, -0.05) is 35.9 Å². The van der Waals surface area contributed by atoms with Gasteiger partial charge < -0.3 is 14.8 Å². The van der Waals surface area contributed by atoms with Crippen molar-refractivity contribution in [1.29, 1.82) is 0 Å². The van der Waals surface area contributed by atoms with E-state index in [1.54, 1.807) is 36.4 Å². The summed E-state index contributed by atoms with van der Waals surface area (Å²) in [5.74, 6) is 0.316.